The summed E-state index contributed by atoms with van der Waals surface area (Å²) in [4.78, 5) is 11.0. The van der Waals surface area contributed by atoms with Gasteiger partial charge in [-0.05, 0) is 17.7 Å². The molecular weight excluding hydrogens is 223 g/mol. The van der Waals surface area contributed by atoms with Gasteiger partial charge in [-0.15, -0.1) is 0 Å². The number of halogens is 2. The zero-order valence-electron chi connectivity index (χ0n) is 5.68. The Morgan fingerprint density at radius 1 is 1.36 bits per heavy atom. The van der Waals surface area contributed by atoms with Crippen LogP contribution in [0, 0.1) is 5.82 Å². The van der Waals surface area contributed by atoms with Crippen LogP contribution in [0.2, 0.25) is 0 Å². The Hall–Kier alpha value is 0.0662. The van der Waals surface area contributed by atoms with E-state index in [1.807, 2.05) is 0 Å². The lowest BCUT2D eigenvalue weighted by Crippen LogP contribution is -2.02. The highest BCUT2D eigenvalue weighted by Crippen LogP contribution is 2.03. The van der Waals surface area contributed by atoms with Crippen molar-refractivity contribution in [1.82, 2.24) is 0 Å². The summed E-state index contributed by atoms with van der Waals surface area (Å²) in [6.07, 6.45) is 0. The van der Waals surface area contributed by atoms with E-state index in [4.69, 9.17) is 0 Å². The molecule has 0 aliphatic rings. The Balaban J connectivity index is 2.90. The number of carbonyl (C=O) groups is 1. The summed E-state index contributed by atoms with van der Waals surface area (Å²) >= 11 is 2.34. The van der Waals surface area contributed by atoms with Crippen LogP contribution >= 0.6 is 12.9 Å². The largest absolute Gasteiger partial charge is 0.571 e. The minimum absolute atomic E-state index is 0.102. The van der Waals surface area contributed by atoms with E-state index in [-0.39, 0.29) is 9.73 Å². The Morgan fingerprint density at radius 3 is 2.36 bits per heavy atom. The third-order valence-corrected chi connectivity index (χ3v) is 3.47. The molecule has 1 nitrogen and oxygen atoms in total. The molecule has 0 fully saturated rings. The molecule has 0 N–H and O–H groups in total. The lowest BCUT2D eigenvalue weighted by molar-refractivity contribution is 0.107. The van der Waals surface area contributed by atoms with Crippen LogP contribution in [0.5, 0.6) is 0 Å². The van der Waals surface area contributed by atoms with E-state index in [0.717, 1.165) is 0 Å². The maximum atomic E-state index is 12.3. The van der Waals surface area contributed by atoms with Gasteiger partial charge in [0.2, 0.25) is 0 Å². The third-order valence-electron chi connectivity index (χ3n) is 1.29. The second-order valence-corrected chi connectivity index (χ2v) is 4.66. The van der Waals surface area contributed by atoms with E-state index >= 15 is 0 Å². The minimum atomic E-state index is -0.821. The van der Waals surface area contributed by atoms with Crippen LogP contribution in [0.3, 0.4) is 0 Å². The second kappa shape index (κ2) is 4.18. The molecule has 11 heavy (non-hydrogen) atoms. The average molecular weight is 227 g/mol. The van der Waals surface area contributed by atoms with Crippen LogP contribution in [0.25, 0.3) is 0 Å². The Labute approximate surface area is 79.6 Å². The van der Waals surface area contributed by atoms with Crippen molar-refractivity contribution in [2.75, 3.05) is 0 Å². The normalized spacial score (nSPS) is 8.91. The fourth-order valence-corrected chi connectivity index (χ4v) is 2.07. The molecule has 0 saturated carbocycles. The highest BCUT2D eigenvalue weighted by molar-refractivity contribution is 9.24. The molecule has 0 heterocycles. The van der Waals surface area contributed by atoms with Crippen molar-refractivity contribution in [3.63, 3.8) is 0 Å². The fourth-order valence-electron chi connectivity index (χ4n) is 0.713. The molecule has 0 aliphatic heterocycles. The summed E-state index contributed by atoms with van der Waals surface area (Å²) in [6.45, 7) is 0. The van der Waals surface area contributed by atoms with Gasteiger partial charge in [0, 0.05) is 3.91 Å². The lowest BCUT2D eigenvalue weighted by Gasteiger charge is -1.95. The minimum Gasteiger partial charge on any atom is -0.329 e. The third kappa shape index (κ3) is 2.54. The van der Waals surface area contributed by atoms with Crippen LogP contribution in [0.1, 0.15) is 10.4 Å². The van der Waals surface area contributed by atoms with Crippen molar-refractivity contribution < 1.29 is 9.18 Å². The molecule has 4 heteroatoms. The molecule has 0 amide bonds. The first-order chi connectivity index (χ1) is 5.24. The Morgan fingerprint density at radius 2 is 1.91 bits per heavy atom. The summed E-state index contributed by atoms with van der Waals surface area (Å²) in [5.41, 5.74) is 0.593. The summed E-state index contributed by atoms with van der Waals surface area (Å²) in [5.74, 6) is -0.308. The lowest BCUT2D eigenvalue weighted by atomic mass is 10.2. The number of hydrogen-bond donors (Lipinski definition) is 0. The van der Waals surface area contributed by atoms with Crippen LogP contribution < -0.4 is 0 Å². The zero-order chi connectivity index (χ0) is 8.27. The molecule has 1 aromatic carbocycles. The molecule has 0 bridgehead atoms. The Bertz CT molecular complexity index is 260. The molecule has 1 aromatic rings. The zero-order valence-corrected chi connectivity index (χ0v) is 8.68. The molecule has 54 valence electrons. The monoisotopic (exact) mass is 226 g/mol. The van der Waals surface area contributed by atoms with Crippen LogP contribution in [-0.4, -0.2) is 22.1 Å². The standard InChI is InChI=1S/C7H4FO.BrH.Mg/c8-7-3-1-6(5-9)2-4-7;;/h1-4H;1H;/q;;+1/p-1. The molecule has 0 spiro atoms. The van der Waals surface area contributed by atoms with Gasteiger partial charge in [-0.25, -0.2) is 4.39 Å². The van der Waals surface area contributed by atoms with Crippen molar-refractivity contribution >= 4 is 35.0 Å². The van der Waals surface area contributed by atoms with E-state index in [9.17, 15) is 9.18 Å². The van der Waals surface area contributed by atoms with Gasteiger partial charge in [-0.1, -0.05) is 12.1 Å². The maximum absolute atomic E-state index is 12.3. The van der Waals surface area contributed by atoms with Crippen LogP contribution in [0.4, 0.5) is 4.39 Å². The van der Waals surface area contributed by atoms with Gasteiger partial charge in [0.25, 0.3) is 0 Å². The first-order valence-electron chi connectivity index (χ1n) is 3.09. The molecule has 0 aliphatic carbocycles. The first-order valence-corrected chi connectivity index (χ1v) is 7.69. The second-order valence-electron chi connectivity index (χ2n) is 2.06. The highest BCUT2D eigenvalue weighted by atomic mass is 79.9. The van der Waals surface area contributed by atoms with Gasteiger partial charge >= 0.3 is 18.2 Å². The van der Waals surface area contributed by atoms with E-state index in [2.05, 4.69) is 12.9 Å². The average Bonchev–Trinajstić information content (AvgIpc) is 2.05. The summed E-state index contributed by atoms with van der Waals surface area (Å²) < 4.78 is 12.4. The highest BCUT2D eigenvalue weighted by Gasteiger charge is 2.05. The summed E-state index contributed by atoms with van der Waals surface area (Å²) in [6, 6.07) is 5.60. The van der Waals surface area contributed by atoms with Crippen molar-refractivity contribution in [2.24, 2.45) is 0 Å². The number of rotatable bonds is 2. The topological polar surface area (TPSA) is 17.1 Å². The van der Waals surface area contributed by atoms with Gasteiger partial charge in [-0.3, -0.25) is 12.9 Å². The van der Waals surface area contributed by atoms with Gasteiger partial charge in [0.15, 0.2) is 0 Å². The van der Waals surface area contributed by atoms with Crippen molar-refractivity contribution in [3.8, 4) is 0 Å². The first kappa shape index (κ1) is 9.16. The molecule has 1 rings (SSSR count). The van der Waals surface area contributed by atoms with E-state index in [1.54, 1.807) is 0 Å². The van der Waals surface area contributed by atoms with Crippen molar-refractivity contribution in [1.29, 1.82) is 0 Å². The van der Waals surface area contributed by atoms with Gasteiger partial charge in [0.05, 0.1) is 0 Å². The molecule has 0 saturated heterocycles. The van der Waals surface area contributed by atoms with Crippen molar-refractivity contribution in [2.45, 2.75) is 0 Å². The number of hydrogen-bond acceptors (Lipinski definition) is 1. The molecule has 0 unspecified atom stereocenters. The molecule has 0 radical (unpaired) electrons. The van der Waals surface area contributed by atoms with Crippen LogP contribution in [0.15, 0.2) is 24.3 Å². The van der Waals surface area contributed by atoms with E-state index in [0.29, 0.717) is 5.56 Å². The Kier molecular flexibility index (Phi) is 3.48. The molecule has 0 aromatic heterocycles. The van der Waals surface area contributed by atoms with Crippen molar-refractivity contribution in [3.05, 3.63) is 35.6 Å². The number of carbonyl (C=O) groups excluding carboxylic acids is 1. The smallest absolute Gasteiger partial charge is 0.329 e. The van der Waals surface area contributed by atoms with Gasteiger partial charge < -0.3 is 4.79 Å². The molecule has 0 atom stereocenters. The SMILES string of the molecule is O=[C]([Mg][Br])c1ccc(F)cc1. The van der Waals surface area contributed by atoms with E-state index in [1.165, 1.54) is 24.3 Å². The van der Waals surface area contributed by atoms with Gasteiger partial charge in [0.1, 0.15) is 5.82 Å². The summed E-state index contributed by atoms with van der Waals surface area (Å²) in [7, 11) is 0. The maximum Gasteiger partial charge on any atom is 0.571 e. The fraction of sp³-hybridized carbons (Fsp3) is 0. The number of benzene rings is 1. The molecular formula is C7H4BrFMgO. The van der Waals surface area contributed by atoms with E-state index < -0.39 is 18.2 Å². The quantitative estimate of drug-likeness (QED) is 0.706. The predicted octanol–water partition coefficient (Wildman–Crippen LogP) is 1.98. The van der Waals surface area contributed by atoms with Gasteiger partial charge in [-0.2, -0.15) is 0 Å². The van der Waals surface area contributed by atoms with Crippen LogP contribution in [-0.2, 0) is 0 Å². The summed E-state index contributed by atoms with van der Waals surface area (Å²) in [5, 5.41) is 0. The predicted molar refractivity (Wildman–Crippen MR) is 45.4 cm³/mol.